The van der Waals surface area contributed by atoms with Crippen LogP contribution in [0.25, 0.3) is 0 Å². The quantitative estimate of drug-likeness (QED) is 0.482. The number of amides is 2. The van der Waals surface area contributed by atoms with Crippen molar-refractivity contribution in [3.8, 4) is 0 Å². The number of hydrogen-bond donors (Lipinski definition) is 4. The largest absolute Gasteiger partial charge is 0.480 e. The van der Waals surface area contributed by atoms with Crippen molar-refractivity contribution in [1.29, 1.82) is 0 Å². The summed E-state index contributed by atoms with van der Waals surface area (Å²) in [6.45, 7) is 7.40. The van der Waals surface area contributed by atoms with Crippen molar-refractivity contribution in [1.82, 2.24) is 10.6 Å². The molecule has 1 aromatic carbocycles. The average Bonchev–Trinajstić information content (AvgIpc) is 2.59. The Balaban J connectivity index is 2.92. The SMILES string of the molecule is CC(C)C[C@H](NC(=O)c1cccc(C(=O)N[C@@H](CC(C)C)C(=O)O)c1)C(=O)O. The number of carbonyl (C=O) groups excluding carboxylic acids is 2. The lowest BCUT2D eigenvalue weighted by Crippen LogP contribution is -2.42. The monoisotopic (exact) mass is 392 g/mol. The number of aliphatic carboxylic acids is 2. The van der Waals surface area contributed by atoms with Gasteiger partial charge in [-0.2, -0.15) is 0 Å². The molecule has 1 rings (SSSR count). The third-order valence-corrected chi connectivity index (χ3v) is 4.01. The Hall–Kier alpha value is -2.90. The Bertz CT molecular complexity index is 672. The van der Waals surface area contributed by atoms with E-state index in [-0.39, 0.29) is 35.8 Å². The molecule has 0 radical (unpaired) electrons. The molecule has 4 N–H and O–H groups in total. The van der Waals surface area contributed by atoms with Crippen molar-refractivity contribution < 1.29 is 29.4 Å². The molecular formula is C20H28N2O6. The van der Waals surface area contributed by atoms with E-state index in [9.17, 15) is 29.4 Å². The van der Waals surface area contributed by atoms with Crippen LogP contribution in [0.15, 0.2) is 24.3 Å². The molecule has 0 aliphatic heterocycles. The molecule has 0 bridgehead atoms. The summed E-state index contributed by atoms with van der Waals surface area (Å²) in [4.78, 5) is 47.4. The molecule has 28 heavy (non-hydrogen) atoms. The molecule has 0 aromatic heterocycles. The van der Waals surface area contributed by atoms with E-state index in [4.69, 9.17) is 0 Å². The summed E-state index contributed by atoms with van der Waals surface area (Å²) in [7, 11) is 0. The number of rotatable bonds is 10. The second-order valence-electron chi connectivity index (χ2n) is 7.57. The standard InChI is InChI=1S/C20H28N2O6/c1-11(2)8-15(19(25)26)21-17(23)13-6-5-7-14(10-13)18(24)22-16(20(27)28)9-12(3)4/h5-7,10-12,15-16H,8-9H2,1-4H3,(H,21,23)(H,22,24)(H,25,26)(H,27,28)/t15-,16-/m0/s1. The summed E-state index contributed by atoms with van der Waals surface area (Å²) in [6, 6.07) is 3.65. The van der Waals surface area contributed by atoms with E-state index in [1.165, 1.54) is 24.3 Å². The molecule has 2 amide bonds. The van der Waals surface area contributed by atoms with Gasteiger partial charge in [-0.25, -0.2) is 9.59 Å². The van der Waals surface area contributed by atoms with Crippen molar-refractivity contribution in [2.24, 2.45) is 11.8 Å². The van der Waals surface area contributed by atoms with Gasteiger partial charge in [0.2, 0.25) is 0 Å². The van der Waals surface area contributed by atoms with Gasteiger partial charge < -0.3 is 20.8 Å². The van der Waals surface area contributed by atoms with Crippen LogP contribution in [0, 0.1) is 11.8 Å². The third kappa shape index (κ3) is 7.38. The minimum atomic E-state index is -1.13. The smallest absolute Gasteiger partial charge is 0.326 e. The number of carboxylic acids is 2. The van der Waals surface area contributed by atoms with Crippen LogP contribution in [0.3, 0.4) is 0 Å². The molecule has 0 aliphatic carbocycles. The lowest BCUT2D eigenvalue weighted by molar-refractivity contribution is -0.140. The van der Waals surface area contributed by atoms with Gasteiger partial charge in [0.25, 0.3) is 11.8 Å². The van der Waals surface area contributed by atoms with Gasteiger partial charge >= 0.3 is 11.9 Å². The van der Waals surface area contributed by atoms with Gasteiger partial charge in [0.1, 0.15) is 12.1 Å². The summed E-state index contributed by atoms with van der Waals surface area (Å²) >= 11 is 0. The van der Waals surface area contributed by atoms with Gasteiger partial charge in [0, 0.05) is 11.1 Å². The van der Waals surface area contributed by atoms with Crippen molar-refractivity contribution in [3.63, 3.8) is 0 Å². The highest BCUT2D eigenvalue weighted by atomic mass is 16.4. The van der Waals surface area contributed by atoms with E-state index >= 15 is 0 Å². The Morgan fingerprint density at radius 1 is 0.786 bits per heavy atom. The van der Waals surface area contributed by atoms with Crippen LogP contribution < -0.4 is 10.6 Å². The molecule has 0 saturated carbocycles. The van der Waals surface area contributed by atoms with Crippen LogP contribution in [0.5, 0.6) is 0 Å². The van der Waals surface area contributed by atoms with Crippen LogP contribution in [0.1, 0.15) is 61.3 Å². The summed E-state index contributed by atoms with van der Waals surface area (Å²) in [6.07, 6.45) is 0.549. The van der Waals surface area contributed by atoms with Crippen LogP contribution >= 0.6 is 0 Å². The molecule has 8 heteroatoms. The van der Waals surface area contributed by atoms with E-state index in [1.54, 1.807) is 0 Å². The number of benzene rings is 1. The van der Waals surface area contributed by atoms with Crippen LogP contribution in [-0.4, -0.2) is 46.0 Å². The predicted octanol–water partition coefficient (Wildman–Crippen LogP) is 2.14. The minimum Gasteiger partial charge on any atom is -0.480 e. The first-order chi connectivity index (χ1) is 13.0. The maximum absolute atomic E-state index is 12.4. The van der Waals surface area contributed by atoms with Gasteiger partial charge in [-0.3, -0.25) is 9.59 Å². The molecule has 1 aromatic rings. The molecule has 2 atom stereocenters. The molecule has 0 unspecified atom stereocenters. The van der Waals surface area contributed by atoms with E-state index < -0.39 is 35.8 Å². The van der Waals surface area contributed by atoms with E-state index in [0.29, 0.717) is 0 Å². The Labute approximate surface area is 164 Å². The zero-order chi connectivity index (χ0) is 21.4. The van der Waals surface area contributed by atoms with E-state index in [1.807, 2.05) is 27.7 Å². The lowest BCUT2D eigenvalue weighted by Gasteiger charge is -2.18. The van der Waals surface area contributed by atoms with Crippen molar-refractivity contribution in [2.75, 3.05) is 0 Å². The first-order valence-electron chi connectivity index (χ1n) is 9.18. The highest BCUT2D eigenvalue weighted by molar-refractivity contribution is 6.01. The van der Waals surface area contributed by atoms with E-state index in [0.717, 1.165) is 0 Å². The molecule has 8 nitrogen and oxygen atoms in total. The van der Waals surface area contributed by atoms with Gasteiger partial charge in [0.15, 0.2) is 0 Å². The number of hydrogen-bond acceptors (Lipinski definition) is 4. The summed E-state index contributed by atoms with van der Waals surface area (Å²) in [5.74, 6) is -3.33. The molecule has 0 heterocycles. The van der Waals surface area contributed by atoms with Crippen LogP contribution in [0.2, 0.25) is 0 Å². The van der Waals surface area contributed by atoms with Crippen molar-refractivity contribution >= 4 is 23.8 Å². The van der Waals surface area contributed by atoms with E-state index in [2.05, 4.69) is 10.6 Å². The summed E-state index contributed by atoms with van der Waals surface area (Å²) < 4.78 is 0. The highest BCUT2D eigenvalue weighted by Gasteiger charge is 2.24. The molecule has 154 valence electrons. The Morgan fingerprint density at radius 2 is 1.14 bits per heavy atom. The highest BCUT2D eigenvalue weighted by Crippen LogP contribution is 2.11. The van der Waals surface area contributed by atoms with Crippen LogP contribution in [-0.2, 0) is 9.59 Å². The second kappa shape index (κ2) is 10.4. The number of nitrogens with one attached hydrogen (secondary N) is 2. The molecule has 0 aliphatic rings. The molecule has 0 fully saturated rings. The Kier molecular flexibility index (Phi) is 8.63. The van der Waals surface area contributed by atoms with Gasteiger partial charge in [0.05, 0.1) is 0 Å². The fourth-order valence-corrected chi connectivity index (χ4v) is 2.67. The zero-order valence-electron chi connectivity index (χ0n) is 16.6. The maximum atomic E-state index is 12.4. The first-order valence-corrected chi connectivity index (χ1v) is 9.18. The number of carboxylic acid groups (broad SMARTS) is 2. The van der Waals surface area contributed by atoms with Crippen molar-refractivity contribution in [3.05, 3.63) is 35.4 Å². The predicted molar refractivity (Wildman–Crippen MR) is 103 cm³/mol. The second-order valence-corrected chi connectivity index (χ2v) is 7.57. The maximum Gasteiger partial charge on any atom is 0.326 e. The van der Waals surface area contributed by atoms with Gasteiger partial charge in [-0.15, -0.1) is 0 Å². The topological polar surface area (TPSA) is 133 Å². The Morgan fingerprint density at radius 3 is 1.43 bits per heavy atom. The summed E-state index contributed by atoms with van der Waals surface area (Å²) in [5.41, 5.74) is 0.247. The summed E-state index contributed by atoms with van der Waals surface area (Å²) in [5, 5.41) is 23.4. The fourth-order valence-electron chi connectivity index (χ4n) is 2.67. The van der Waals surface area contributed by atoms with Gasteiger partial charge in [-0.05, 0) is 42.9 Å². The van der Waals surface area contributed by atoms with Gasteiger partial charge in [-0.1, -0.05) is 33.8 Å². The zero-order valence-corrected chi connectivity index (χ0v) is 16.6. The first kappa shape index (κ1) is 23.1. The van der Waals surface area contributed by atoms with Crippen LogP contribution in [0.4, 0.5) is 0 Å². The normalized spacial score (nSPS) is 13.1. The number of carbonyl (C=O) groups is 4. The molecule has 0 spiro atoms. The molecule has 0 saturated heterocycles. The minimum absolute atomic E-state index is 0.0763. The third-order valence-electron chi connectivity index (χ3n) is 4.01. The van der Waals surface area contributed by atoms with Crippen molar-refractivity contribution in [2.45, 2.75) is 52.6 Å². The fraction of sp³-hybridized carbons (Fsp3) is 0.500. The molecular weight excluding hydrogens is 364 g/mol. The average molecular weight is 392 g/mol. The lowest BCUT2D eigenvalue weighted by atomic mass is 10.0.